The van der Waals surface area contributed by atoms with Gasteiger partial charge in [-0.2, -0.15) is 11.8 Å². The molecule has 0 aliphatic rings. The molecule has 2 aromatic rings. The Balaban J connectivity index is 1.81. The second-order valence-electron chi connectivity index (χ2n) is 6.79. The molecule has 0 aliphatic heterocycles. The highest BCUT2D eigenvalue weighted by Gasteiger charge is 2.22. The number of nitrogens with zero attached hydrogens (tertiary/aromatic N) is 2. The molecule has 162 valence electrons. The van der Waals surface area contributed by atoms with Crippen LogP contribution in [0.25, 0.3) is 0 Å². The fourth-order valence-corrected chi connectivity index (χ4v) is 4.39. The van der Waals surface area contributed by atoms with Crippen LogP contribution in [0, 0.1) is 17.0 Å². The van der Waals surface area contributed by atoms with Crippen molar-refractivity contribution >= 4 is 39.1 Å². The number of nitrogens with one attached hydrogen (secondary N) is 1. The number of non-ortho nitro benzene ring substituents is 1. The van der Waals surface area contributed by atoms with E-state index in [4.69, 9.17) is 0 Å². The van der Waals surface area contributed by atoms with E-state index >= 15 is 0 Å². The Hall–Kier alpha value is -2.59. The number of anilines is 1. The predicted molar refractivity (Wildman–Crippen MR) is 120 cm³/mol. The van der Waals surface area contributed by atoms with E-state index in [9.17, 15) is 23.3 Å². The van der Waals surface area contributed by atoms with E-state index in [-0.39, 0.29) is 11.4 Å². The summed E-state index contributed by atoms with van der Waals surface area (Å²) in [6, 6.07) is 13.5. The molecule has 1 N–H and O–H groups in total. The van der Waals surface area contributed by atoms with Gasteiger partial charge < -0.3 is 5.32 Å². The molecule has 0 bridgehead atoms. The lowest BCUT2D eigenvalue weighted by atomic mass is 10.2. The van der Waals surface area contributed by atoms with Crippen LogP contribution < -0.4 is 9.62 Å². The lowest BCUT2D eigenvalue weighted by Crippen LogP contribution is -2.40. The largest absolute Gasteiger partial charge is 0.354 e. The lowest BCUT2D eigenvalue weighted by Gasteiger charge is -2.21. The number of aryl methyl sites for hydroxylation is 1. The Kier molecular flexibility index (Phi) is 8.67. The molecular formula is C20H25N3O5S2. The van der Waals surface area contributed by atoms with E-state index in [1.165, 1.54) is 29.3 Å². The summed E-state index contributed by atoms with van der Waals surface area (Å²) in [7, 11) is -3.78. The number of sulfonamides is 1. The molecule has 8 nitrogen and oxygen atoms in total. The average Bonchev–Trinajstić information content (AvgIpc) is 2.69. The minimum Gasteiger partial charge on any atom is -0.354 e. The molecule has 2 rings (SSSR count). The second kappa shape index (κ2) is 11.0. The number of amides is 1. The van der Waals surface area contributed by atoms with Crippen molar-refractivity contribution < 1.29 is 18.1 Å². The van der Waals surface area contributed by atoms with Crippen LogP contribution in [0.1, 0.15) is 17.5 Å². The lowest BCUT2D eigenvalue weighted by molar-refractivity contribution is -0.384. The second-order valence-corrected chi connectivity index (χ2v) is 9.80. The van der Waals surface area contributed by atoms with Crippen molar-refractivity contribution in [3.05, 3.63) is 69.8 Å². The zero-order valence-corrected chi connectivity index (χ0v) is 18.5. The highest BCUT2D eigenvalue weighted by Crippen LogP contribution is 2.23. The van der Waals surface area contributed by atoms with Crippen LogP contribution in [-0.2, 0) is 20.6 Å². The number of benzene rings is 2. The van der Waals surface area contributed by atoms with Crippen molar-refractivity contribution in [2.45, 2.75) is 19.1 Å². The molecule has 0 aliphatic carbocycles. The van der Waals surface area contributed by atoms with E-state index in [1.54, 1.807) is 11.8 Å². The first-order valence-corrected chi connectivity index (χ1v) is 12.3. The molecule has 0 heterocycles. The van der Waals surface area contributed by atoms with Crippen LogP contribution in [-0.4, -0.2) is 44.3 Å². The monoisotopic (exact) mass is 451 g/mol. The standard InChI is InChI=1S/C20H25N3O5S2/c1-16-7-9-17(10-8-16)15-29-12-4-11-21-20(24)14-22(30(2,27)28)18-5-3-6-19(13-18)23(25)26/h3,5-10,13H,4,11-12,14-15H2,1-2H3,(H,21,24). The van der Waals surface area contributed by atoms with Gasteiger partial charge in [0.2, 0.25) is 15.9 Å². The summed E-state index contributed by atoms with van der Waals surface area (Å²) in [6.45, 7) is 2.03. The third kappa shape index (κ3) is 7.68. The molecule has 0 atom stereocenters. The van der Waals surface area contributed by atoms with Gasteiger partial charge in [-0.25, -0.2) is 8.42 Å². The van der Waals surface area contributed by atoms with Crippen LogP contribution in [0.2, 0.25) is 0 Å². The van der Waals surface area contributed by atoms with Gasteiger partial charge in [0.1, 0.15) is 6.54 Å². The Morgan fingerprint density at radius 1 is 1.20 bits per heavy atom. The molecule has 2 aromatic carbocycles. The van der Waals surface area contributed by atoms with Gasteiger partial charge >= 0.3 is 0 Å². The number of rotatable bonds is 11. The zero-order chi connectivity index (χ0) is 22.1. The number of hydrogen-bond donors (Lipinski definition) is 1. The number of thioether (sulfide) groups is 1. The number of carbonyl (C=O) groups is 1. The fraction of sp³-hybridized carbons (Fsp3) is 0.350. The first-order valence-electron chi connectivity index (χ1n) is 9.29. The number of nitro groups is 1. The summed E-state index contributed by atoms with van der Waals surface area (Å²) in [5.74, 6) is 1.29. The molecule has 0 saturated heterocycles. The topological polar surface area (TPSA) is 110 Å². The van der Waals surface area contributed by atoms with E-state index < -0.39 is 27.4 Å². The summed E-state index contributed by atoms with van der Waals surface area (Å²) in [5.41, 5.74) is 2.30. The molecule has 0 saturated carbocycles. The SMILES string of the molecule is Cc1ccc(CSCCCNC(=O)CN(c2cccc([N+](=O)[O-])c2)S(C)(=O)=O)cc1. The van der Waals surface area contributed by atoms with Crippen LogP contribution in [0.15, 0.2) is 48.5 Å². The van der Waals surface area contributed by atoms with Crippen molar-refractivity contribution in [1.29, 1.82) is 0 Å². The Bertz CT molecular complexity index is 978. The maximum Gasteiger partial charge on any atom is 0.271 e. The third-order valence-corrected chi connectivity index (χ3v) is 6.45. The van der Waals surface area contributed by atoms with Gasteiger partial charge in [-0.3, -0.25) is 19.2 Å². The van der Waals surface area contributed by atoms with Gasteiger partial charge in [0.05, 0.1) is 16.9 Å². The first kappa shape index (κ1) is 23.7. The summed E-state index contributed by atoms with van der Waals surface area (Å²) in [4.78, 5) is 22.5. The van der Waals surface area contributed by atoms with Crippen LogP contribution in [0.4, 0.5) is 11.4 Å². The van der Waals surface area contributed by atoms with Gasteiger partial charge in [0, 0.05) is 24.4 Å². The normalized spacial score (nSPS) is 11.1. The highest BCUT2D eigenvalue weighted by molar-refractivity contribution is 7.98. The maximum absolute atomic E-state index is 12.2. The van der Waals surface area contributed by atoms with E-state index in [1.807, 2.05) is 6.92 Å². The van der Waals surface area contributed by atoms with Crippen LogP contribution in [0.3, 0.4) is 0 Å². The van der Waals surface area contributed by atoms with Gasteiger partial charge in [-0.15, -0.1) is 0 Å². The van der Waals surface area contributed by atoms with E-state index in [0.29, 0.717) is 6.54 Å². The number of nitro benzene ring substituents is 1. The molecule has 0 aromatic heterocycles. The van der Waals surface area contributed by atoms with E-state index in [2.05, 4.69) is 29.6 Å². The van der Waals surface area contributed by atoms with Crippen molar-refractivity contribution in [3.63, 3.8) is 0 Å². The molecule has 0 unspecified atom stereocenters. The van der Waals surface area contributed by atoms with Gasteiger partial charge in [-0.1, -0.05) is 35.9 Å². The predicted octanol–water partition coefficient (Wildman–Crippen LogP) is 3.11. The van der Waals surface area contributed by atoms with Gasteiger partial charge in [0.15, 0.2) is 0 Å². The zero-order valence-electron chi connectivity index (χ0n) is 16.9. The Morgan fingerprint density at radius 2 is 1.90 bits per heavy atom. The minimum atomic E-state index is -3.78. The number of hydrogen-bond acceptors (Lipinski definition) is 6. The highest BCUT2D eigenvalue weighted by atomic mass is 32.2. The molecule has 0 fully saturated rings. The molecule has 0 radical (unpaired) electrons. The van der Waals surface area contributed by atoms with Gasteiger partial charge in [0.25, 0.3) is 5.69 Å². The maximum atomic E-state index is 12.2. The average molecular weight is 452 g/mol. The Morgan fingerprint density at radius 3 is 2.53 bits per heavy atom. The summed E-state index contributed by atoms with van der Waals surface area (Å²) >= 11 is 1.76. The first-order chi connectivity index (χ1) is 14.2. The molecule has 10 heteroatoms. The van der Waals surface area contributed by atoms with Crippen molar-refractivity contribution in [3.8, 4) is 0 Å². The van der Waals surface area contributed by atoms with Crippen molar-refractivity contribution in [1.82, 2.24) is 5.32 Å². The summed E-state index contributed by atoms with van der Waals surface area (Å²) in [5, 5.41) is 13.6. The fourth-order valence-electron chi connectivity index (χ4n) is 2.62. The molecular weight excluding hydrogens is 426 g/mol. The van der Waals surface area contributed by atoms with Crippen LogP contribution in [0.5, 0.6) is 0 Å². The quantitative estimate of drug-likeness (QED) is 0.319. The van der Waals surface area contributed by atoms with Crippen molar-refractivity contribution in [2.75, 3.05) is 29.4 Å². The molecule has 1 amide bonds. The van der Waals surface area contributed by atoms with Gasteiger partial charge in [-0.05, 0) is 30.7 Å². The van der Waals surface area contributed by atoms with E-state index in [0.717, 1.165) is 34.6 Å². The smallest absolute Gasteiger partial charge is 0.271 e. The minimum absolute atomic E-state index is 0.0792. The molecule has 30 heavy (non-hydrogen) atoms. The van der Waals surface area contributed by atoms with Crippen molar-refractivity contribution in [2.24, 2.45) is 0 Å². The molecule has 0 spiro atoms. The number of carbonyl (C=O) groups excluding carboxylic acids is 1. The summed E-state index contributed by atoms with van der Waals surface area (Å²) in [6.07, 6.45) is 1.71. The summed E-state index contributed by atoms with van der Waals surface area (Å²) < 4.78 is 25.0. The van der Waals surface area contributed by atoms with Crippen LogP contribution >= 0.6 is 11.8 Å². The third-order valence-electron chi connectivity index (χ3n) is 4.19. The Labute approximate surface area is 180 Å².